The molecule has 0 spiro atoms. The van der Waals surface area contributed by atoms with Crippen LogP contribution in [0.4, 0.5) is 5.69 Å². The molecule has 74 valence electrons. The van der Waals surface area contributed by atoms with Gasteiger partial charge in [-0.1, -0.05) is 25.1 Å². The molecule has 1 aromatic rings. The SMILES string of the molecule is CCC1(N)c2ccccc2N=CC1N. The summed E-state index contributed by atoms with van der Waals surface area (Å²) in [6, 6.07) is 7.72. The van der Waals surface area contributed by atoms with Gasteiger partial charge in [0.2, 0.25) is 0 Å². The summed E-state index contributed by atoms with van der Waals surface area (Å²) in [5, 5.41) is 0. The molecule has 1 aliphatic rings. The highest BCUT2D eigenvalue weighted by Crippen LogP contribution is 2.35. The summed E-state index contributed by atoms with van der Waals surface area (Å²) in [6.07, 6.45) is 2.56. The maximum absolute atomic E-state index is 6.30. The van der Waals surface area contributed by atoms with Crippen LogP contribution in [0.5, 0.6) is 0 Å². The number of hydrogen-bond acceptors (Lipinski definition) is 3. The first kappa shape index (κ1) is 9.37. The molecule has 2 unspecified atom stereocenters. The third kappa shape index (κ3) is 1.17. The van der Waals surface area contributed by atoms with Gasteiger partial charge in [-0.05, 0) is 18.1 Å². The summed E-state index contributed by atoms with van der Waals surface area (Å²) in [7, 11) is 0. The fraction of sp³-hybridized carbons (Fsp3) is 0.364. The van der Waals surface area contributed by atoms with Crippen LogP contribution in [-0.4, -0.2) is 12.3 Å². The van der Waals surface area contributed by atoms with Gasteiger partial charge >= 0.3 is 0 Å². The number of aliphatic imine (C=N–C) groups is 1. The predicted octanol–water partition coefficient (Wildman–Crippen LogP) is 1.29. The summed E-state index contributed by atoms with van der Waals surface area (Å²) < 4.78 is 0. The van der Waals surface area contributed by atoms with Crippen molar-refractivity contribution in [2.45, 2.75) is 24.9 Å². The van der Waals surface area contributed by atoms with Gasteiger partial charge < -0.3 is 11.5 Å². The van der Waals surface area contributed by atoms with E-state index in [1.165, 1.54) is 0 Å². The second kappa shape index (κ2) is 3.19. The zero-order chi connectivity index (χ0) is 10.2. The van der Waals surface area contributed by atoms with Gasteiger partial charge in [-0.15, -0.1) is 0 Å². The van der Waals surface area contributed by atoms with E-state index < -0.39 is 5.54 Å². The topological polar surface area (TPSA) is 64.4 Å². The summed E-state index contributed by atoms with van der Waals surface area (Å²) in [5.74, 6) is 0. The average Bonchev–Trinajstić information content (AvgIpc) is 2.24. The Kier molecular flexibility index (Phi) is 2.13. The summed E-state index contributed by atoms with van der Waals surface area (Å²) in [4.78, 5) is 4.29. The summed E-state index contributed by atoms with van der Waals surface area (Å²) in [5.41, 5.74) is 13.8. The standard InChI is InChI=1S/C11H15N3/c1-2-11(13)8-5-3-4-6-9(8)14-7-10(11)12/h3-7,10H,2,12-13H2,1H3. The number of nitrogens with zero attached hydrogens (tertiary/aromatic N) is 1. The van der Waals surface area contributed by atoms with Crippen molar-refractivity contribution in [3.8, 4) is 0 Å². The maximum atomic E-state index is 6.30. The van der Waals surface area contributed by atoms with E-state index in [2.05, 4.69) is 11.9 Å². The minimum Gasteiger partial charge on any atom is -0.321 e. The lowest BCUT2D eigenvalue weighted by Crippen LogP contribution is -2.54. The van der Waals surface area contributed by atoms with E-state index in [0.29, 0.717) is 0 Å². The zero-order valence-electron chi connectivity index (χ0n) is 8.27. The van der Waals surface area contributed by atoms with Crippen molar-refractivity contribution in [1.82, 2.24) is 0 Å². The van der Waals surface area contributed by atoms with E-state index in [1.54, 1.807) is 6.21 Å². The molecular weight excluding hydrogens is 174 g/mol. The van der Waals surface area contributed by atoms with Gasteiger partial charge in [0.15, 0.2) is 0 Å². The largest absolute Gasteiger partial charge is 0.321 e. The third-order valence-corrected chi connectivity index (χ3v) is 2.96. The normalized spacial score (nSPS) is 30.1. The monoisotopic (exact) mass is 189 g/mol. The number of benzene rings is 1. The molecule has 0 aromatic heterocycles. The average molecular weight is 189 g/mol. The Morgan fingerprint density at radius 3 is 2.86 bits per heavy atom. The minimum atomic E-state index is -0.460. The van der Waals surface area contributed by atoms with Gasteiger partial charge in [-0.2, -0.15) is 0 Å². The van der Waals surface area contributed by atoms with E-state index in [1.807, 2.05) is 24.3 Å². The number of rotatable bonds is 1. The molecule has 0 aliphatic carbocycles. The van der Waals surface area contributed by atoms with Crippen LogP contribution < -0.4 is 11.5 Å². The first-order chi connectivity index (χ1) is 6.68. The highest BCUT2D eigenvalue weighted by Gasteiger charge is 2.35. The van der Waals surface area contributed by atoms with Crippen molar-refractivity contribution in [3.63, 3.8) is 0 Å². The Balaban J connectivity index is 2.59. The Morgan fingerprint density at radius 1 is 1.43 bits per heavy atom. The van der Waals surface area contributed by atoms with Crippen LogP contribution in [0.15, 0.2) is 29.3 Å². The lowest BCUT2D eigenvalue weighted by molar-refractivity contribution is 0.398. The smallest absolute Gasteiger partial charge is 0.0677 e. The van der Waals surface area contributed by atoms with Crippen LogP contribution >= 0.6 is 0 Å². The van der Waals surface area contributed by atoms with E-state index in [4.69, 9.17) is 11.5 Å². The van der Waals surface area contributed by atoms with Crippen LogP contribution in [0.3, 0.4) is 0 Å². The van der Waals surface area contributed by atoms with E-state index in [0.717, 1.165) is 17.7 Å². The number of fused-ring (bicyclic) bond motifs is 1. The van der Waals surface area contributed by atoms with Crippen molar-refractivity contribution in [2.75, 3.05) is 0 Å². The van der Waals surface area contributed by atoms with Gasteiger partial charge in [0.05, 0.1) is 17.3 Å². The highest BCUT2D eigenvalue weighted by atomic mass is 14.9. The van der Waals surface area contributed by atoms with Crippen molar-refractivity contribution < 1.29 is 0 Å². The van der Waals surface area contributed by atoms with Gasteiger partial charge in [-0.25, -0.2) is 0 Å². The molecule has 14 heavy (non-hydrogen) atoms. The first-order valence-electron chi connectivity index (χ1n) is 4.86. The van der Waals surface area contributed by atoms with Crippen molar-refractivity contribution >= 4 is 11.9 Å². The molecule has 0 saturated heterocycles. The van der Waals surface area contributed by atoms with Gasteiger partial charge in [0.1, 0.15) is 0 Å². The number of hydrogen-bond donors (Lipinski definition) is 2. The quantitative estimate of drug-likeness (QED) is 0.699. The van der Waals surface area contributed by atoms with Crippen molar-refractivity contribution in [2.24, 2.45) is 16.5 Å². The predicted molar refractivity (Wildman–Crippen MR) is 58.7 cm³/mol. The molecule has 1 heterocycles. The third-order valence-electron chi connectivity index (χ3n) is 2.96. The molecule has 1 aliphatic heterocycles. The second-order valence-corrected chi connectivity index (χ2v) is 3.72. The van der Waals surface area contributed by atoms with Gasteiger partial charge in [-0.3, -0.25) is 4.99 Å². The van der Waals surface area contributed by atoms with E-state index in [9.17, 15) is 0 Å². The molecule has 0 fully saturated rings. The van der Waals surface area contributed by atoms with Crippen LogP contribution in [0.25, 0.3) is 0 Å². The molecule has 0 amide bonds. The Morgan fingerprint density at radius 2 is 2.14 bits per heavy atom. The van der Waals surface area contributed by atoms with Crippen LogP contribution in [0, 0.1) is 0 Å². The van der Waals surface area contributed by atoms with E-state index >= 15 is 0 Å². The zero-order valence-corrected chi connectivity index (χ0v) is 8.27. The van der Waals surface area contributed by atoms with Crippen molar-refractivity contribution in [1.29, 1.82) is 0 Å². The molecule has 0 bridgehead atoms. The molecule has 3 nitrogen and oxygen atoms in total. The molecule has 3 heteroatoms. The molecule has 0 radical (unpaired) electrons. The molecule has 2 rings (SSSR count). The Hall–Kier alpha value is -1.19. The molecule has 4 N–H and O–H groups in total. The van der Waals surface area contributed by atoms with Crippen LogP contribution in [-0.2, 0) is 5.54 Å². The van der Waals surface area contributed by atoms with Gasteiger partial charge in [0, 0.05) is 6.21 Å². The number of para-hydroxylation sites is 1. The molecule has 1 aromatic carbocycles. The highest BCUT2D eigenvalue weighted by molar-refractivity contribution is 5.76. The Bertz CT molecular complexity index is 373. The van der Waals surface area contributed by atoms with Crippen LogP contribution in [0.2, 0.25) is 0 Å². The van der Waals surface area contributed by atoms with Crippen molar-refractivity contribution in [3.05, 3.63) is 29.8 Å². The van der Waals surface area contributed by atoms with Gasteiger partial charge in [0.25, 0.3) is 0 Å². The first-order valence-corrected chi connectivity index (χ1v) is 4.86. The Labute approximate surface area is 83.8 Å². The van der Waals surface area contributed by atoms with Crippen LogP contribution in [0.1, 0.15) is 18.9 Å². The maximum Gasteiger partial charge on any atom is 0.0677 e. The fourth-order valence-electron chi connectivity index (χ4n) is 1.88. The minimum absolute atomic E-state index is 0.192. The lowest BCUT2D eigenvalue weighted by Gasteiger charge is -2.36. The molecule has 2 atom stereocenters. The fourth-order valence-corrected chi connectivity index (χ4v) is 1.88. The summed E-state index contributed by atoms with van der Waals surface area (Å²) >= 11 is 0. The summed E-state index contributed by atoms with van der Waals surface area (Å²) in [6.45, 7) is 2.05. The van der Waals surface area contributed by atoms with E-state index in [-0.39, 0.29) is 6.04 Å². The number of nitrogens with two attached hydrogens (primary N) is 2. The second-order valence-electron chi connectivity index (χ2n) is 3.72. The molecular formula is C11H15N3. The molecule has 0 saturated carbocycles. The lowest BCUT2D eigenvalue weighted by atomic mass is 9.80.